The van der Waals surface area contributed by atoms with Crippen molar-refractivity contribution in [2.75, 3.05) is 25.1 Å². The summed E-state index contributed by atoms with van der Waals surface area (Å²) in [4.78, 5) is 9.39. The highest BCUT2D eigenvalue weighted by Crippen LogP contribution is 2.51. The summed E-state index contributed by atoms with van der Waals surface area (Å²) < 4.78 is 23.5. The highest BCUT2D eigenvalue weighted by molar-refractivity contribution is 7.53. The third-order valence-corrected chi connectivity index (χ3v) is 6.24. The van der Waals surface area contributed by atoms with Gasteiger partial charge in [0.05, 0.1) is 24.9 Å². The van der Waals surface area contributed by atoms with Crippen molar-refractivity contribution in [1.82, 2.24) is 9.97 Å². The van der Waals surface area contributed by atoms with Crippen molar-refractivity contribution in [2.45, 2.75) is 26.9 Å². The van der Waals surface area contributed by atoms with Gasteiger partial charge in [-0.1, -0.05) is 36.4 Å². The van der Waals surface area contributed by atoms with Gasteiger partial charge < -0.3 is 14.4 Å². The van der Waals surface area contributed by atoms with Crippen LogP contribution in [-0.4, -0.2) is 29.7 Å². The smallest absolute Gasteiger partial charge is 0.335 e. The summed E-state index contributed by atoms with van der Waals surface area (Å²) in [6.45, 7) is 7.16. The Bertz CT molecular complexity index is 966. The molecule has 0 fully saturated rings. The van der Waals surface area contributed by atoms with E-state index in [4.69, 9.17) is 19.0 Å². The maximum absolute atomic E-state index is 12.7. The van der Waals surface area contributed by atoms with Gasteiger partial charge in [0.2, 0.25) is 0 Å². The van der Waals surface area contributed by atoms with E-state index < -0.39 is 7.60 Å². The van der Waals surface area contributed by atoms with Gasteiger partial charge in [-0.05, 0) is 38.5 Å². The van der Waals surface area contributed by atoms with Gasteiger partial charge in [0, 0.05) is 17.5 Å². The van der Waals surface area contributed by atoms with Gasteiger partial charge in [-0.3, -0.25) is 4.57 Å². The number of anilines is 1. The molecule has 1 N–H and O–H groups in total. The van der Waals surface area contributed by atoms with Crippen molar-refractivity contribution >= 4 is 24.3 Å². The Balaban J connectivity index is 1.90. The molecule has 0 aliphatic rings. The number of nitrogens with one attached hydrogen (secondary N) is 1. The summed E-state index contributed by atoms with van der Waals surface area (Å²) in [6, 6.07) is 15.7. The minimum atomic E-state index is -3.12. The summed E-state index contributed by atoms with van der Waals surface area (Å²) in [5, 5.41) is 4.31. The molecule has 6 nitrogen and oxygen atoms in total. The van der Waals surface area contributed by atoms with E-state index in [-0.39, 0.29) is 6.16 Å². The van der Waals surface area contributed by atoms with Gasteiger partial charge in [0.1, 0.15) is 5.82 Å². The number of benzene rings is 2. The number of hydrogen-bond acceptors (Lipinski definition) is 6. The maximum Gasteiger partial charge on any atom is 0.335 e. The van der Waals surface area contributed by atoms with Gasteiger partial charge >= 0.3 is 7.60 Å². The predicted octanol–water partition coefficient (Wildman–Crippen LogP) is 5.49. The molecule has 0 amide bonds. The largest absolute Gasteiger partial charge is 0.370 e. The maximum atomic E-state index is 12.7. The first-order valence-corrected chi connectivity index (χ1v) is 11.3. The summed E-state index contributed by atoms with van der Waals surface area (Å²) in [6.07, 6.45) is 0.246. The Morgan fingerprint density at radius 3 is 2.25 bits per heavy atom. The van der Waals surface area contributed by atoms with Crippen LogP contribution in [-0.2, 0) is 19.8 Å². The van der Waals surface area contributed by atoms with E-state index in [0.29, 0.717) is 19.0 Å². The molecule has 0 aliphatic heterocycles. The van der Waals surface area contributed by atoms with Gasteiger partial charge in [0.25, 0.3) is 0 Å². The molecule has 0 atom stereocenters. The lowest BCUT2D eigenvalue weighted by atomic mass is 10.1. The quantitative estimate of drug-likeness (QED) is 0.479. The fourth-order valence-corrected chi connectivity index (χ4v) is 4.71. The molecule has 0 spiro atoms. The van der Waals surface area contributed by atoms with Gasteiger partial charge in [-0.2, -0.15) is 0 Å². The number of aromatic nitrogens is 2. The van der Waals surface area contributed by atoms with Crippen LogP contribution in [0, 0.1) is 0 Å². The molecule has 7 heteroatoms. The van der Waals surface area contributed by atoms with Crippen molar-refractivity contribution in [3.8, 4) is 11.4 Å². The van der Waals surface area contributed by atoms with Gasteiger partial charge in [-0.15, -0.1) is 0 Å². The molecule has 0 radical (unpaired) electrons. The first-order valence-electron chi connectivity index (χ1n) is 9.56. The van der Waals surface area contributed by atoms with Crippen LogP contribution < -0.4 is 5.32 Å². The van der Waals surface area contributed by atoms with Crippen molar-refractivity contribution < 1.29 is 13.6 Å². The standard InChI is InChI=1S/C21H26N3O3P/c1-4-22-21-18-9-7-8-10-19(18)23-20(24-21)17-13-11-16(12-14-17)15-28(25,26-5-2)27-6-3/h7-14H,4-6,15H2,1-3H3,(H,22,23,24). The fourth-order valence-electron chi connectivity index (χ4n) is 3.01. The Labute approximate surface area is 165 Å². The van der Waals surface area contributed by atoms with Crippen molar-refractivity contribution in [2.24, 2.45) is 0 Å². The minimum absolute atomic E-state index is 0.246. The van der Waals surface area contributed by atoms with Crippen LogP contribution >= 0.6 is 7.60 Å². The summed E-state index contributed by atoms with van der Waals surface area (Å²) in [5.74, 6) is 1.48. The molecular formula is C21H26N3O3P. The summed E-state index contributed by atoms with van der Waals surface area (Å²) in [5.41, 5.74) is 2.68. The molecule has 3 rings (SSSR count). The van der Waals surface area contributed by atoms with Gasteiger partial charge in [0.15, 0.2) is 5.82 Å². The van der Waals surface area contributed by atoms with Crippen LogP contribution in [0.1, 0.15) is 26.3 Å². The number of nitrogens with zero attached hydrogens (tertiary/aromatic N) is 2. The van der Waals surface area contributed by atoms with Crippen LogP contribution in [0.5, 0.6) is 0 Å². The van der Waals surface area contributed by atoms with Crippen LogP contribution in [0.4, 0.5) is 5.82 Å². The lowest BCUT2D eigenvalue weighted by Crippen LogP contribution is -2.03. The average Bonchev–Trinajstić information content (AvgIpc) is 2.69. The molecule has 0 unspecified atom stereocenters. The van der Waals surface area contributed by atoms with Crippen molar-refractivity contribution in [3.63, 3.8) is 0 Å². The van der Waals surface area contributed by atoms with Crippen LogP contribution in [0.2, 0.25) is 0 Å². The average molecular weight is 399 g/mol. The number of rotatable bonds is 9. The fraction of sp³-hybridized carbons (Fsp3) is 0.333. The van der Waals surface area contributed by atoms with E-state index in [1.165, 1.54) is 0 Å². The topological polar surface area (TPSA) is 73.3 Å². The van der Waals surface area contributed by atoms with E-state index >= 15 is 0 Å². The Morgan fingerprint density at radius 1 is 0.929 bits per heavy atom. The number of fused-ring (bicyclic) bond motifs is 1. The van der Waals surface area contributed by atoms with Crippen LogP contribution in [0.25, 0.3) is 22.3 Å². The first-order chi connectivity index (χ1) is 13.6. The molecule has 0 bridgehead atoms. The van der Waals surface area contributed by atoms with E-state index in [0.717, 1.165) is 34.4 Å². The lowest BCUT2D eigenvalue weighted by Gasteiger charge is -2.17. The third kappa shape index (κ3) is 4.76. The highest BCUT2D eigenvalue weighted by atomic mass is 31.2. The molecule has 1 aromatic heterocycles. The second-order valence-electron chi connectivity index (χ2n) is 6.24. The zero-order valence-electron chi connectivity index (χ0n) is 16.5. The van der Waals surface area contributed by atoms with Crippen molar-refractivity contribution in [3.05, 3.63) is 54.1 Å². The molecule has 0 aliphatic carbocycles. The number of hydrogen-bond donors (Lipinski definition) is 1. The molecule has 1 heterocycles. The lowest BCUT2D eigenvalue weighted by molar-refractivity contribution is 0.219. The second-order valence-corrected chi connectivity index (χ2v) is 8.30. The normalized spacial score (nSPS) is 11.7. The Morgan fingerprint density at radius 2 is 1.61 bits per heavy atom. The summed E-state index contributed by atoms with van der Waals surface area (Å²) in [7, 11) is -3.12. The molecular weight excluding hydrogens is 373 g/mol. The molecule has 0 saturated carbocycles. The zero-order valence-corrected chi connectivity index (χ0v) is 17.4. The van der Waals surface area contributed by atoms with Crippen LogP contribution in [0.3, 0.4) is 0 Å². The molecule has 148 valence electrons. The van der Waals surface area contributed by atoms with E-state index in [1.54, 1.807) is 0 Å². The van der Waals surface area contributed by atoms with Gasteiger partial charge in [-0.25, -0.2) is 9.97 Å². The highest BCUT2D eigenvalue weighted by Gasteiger charge is 2.24. The number of para-hydroxylation sites is 1. The molecule has 3 aromatic rings. The van der Waals surface area contributed by atoms with E-state index in [2.05, 4.69) is 5.32 Å². The third-order valence-electron chi connectivity index (χ3n) is 4.19. The second kappa shape index (κ2) is 9.28. The van der Waals surface area contributed by atoms with E-state index in [1.807, 2.05) is 69.3 Å². The SMILES string of the molecule is CCNc1nc(-c2ccc(CP(=O)(OCC)OCC)cc2)nc2ccccc12. The van der Waals surface area contributed by atoms with E-state index in [9.17, 15) is 4.57 Å². The summed E-state index contributed by atoms with van der Waals surface area (Å²) >= 11 is 0. The minimum Gasteiger partial charge on any atom is -0.370 e. The zero-order chi connectivity index (χ0) is 20.0. The first kappa shape index (κ1) is 20.5. The Kier molecular flexibility index (Phi) is 6.79. The Hall–Kier alpha value is -2.27. The van der Waals surface area contributed by atoms with Crippen molar-refractivity contribution in [1.29, 1.82) is 0 Å². The molecule has 2 aromatic carbocycles. The molecule has 28 heavy (non-hydrogen) atoms. The molecule has 0 saturated heterocycles. The predicted molar refractivity (Wildman–Crippen MR) is 114 cm³/mol. The monoisotopic (exact) mass is 399 g/mol. The van der Waals surface area contributed by atoms with Crippen LogP contribution in [0.15, 0.2) is 48.5 Å².